The van der Waals surface area contributed by atoms with Crippen molar-refractivity contribution in [3.05, 3.63) is 29.6 Å². The number of esters is 1. The number of methoxy groups -OCH3 is 1. The Labute approximate surface area is 161 Å². The van der Waals surface area contributed by atoms with Gasteiger partial charge in [0.25, 0.3) is 0 Å². The van der Waals surface area contributed by atoms with Gasteiger partial charge in [-0.15, -0.1) is 24.0 Å². The Kier molecular flexibility index (Phi) is 8.44. The van der Waals surface area contributed by atoms with E-state index < -0.39 is 0 Å². The molecule has 6 nitrogen and oxygen atoms in total. The number of nitrogens with one attached hydrogen (secondary N) is 1. The molecule has 134 valence electrons. The average molecular weight is 446 g/mol. The highest BCUT2D eigenvalue weighted by molar-refractivity contribution is 14.0. The molecule has 1 aromatic rings. The first kappa shape index (κ1) is 20.7. The Balaban J connectivity index is 0.00000288. The van der Waals surface area contributed by atoms with Gasteiger partial charge >= 0.3 is 5.97 Å². The molecule has 2 heterocycles. The number of pyridine rings is 1. The summed E-state index contributed by atoms with van der Waals surface area (Å²) in [6.45, 7) is 6.41. The van der Waals surface area contributed by atoms with Crippen LogP contribution in [0, 0.1) is 18.8 Å². The fourth-order valence-corrected chi connectivity index (χ4v) is 3.02. The van der Waals surface area contributed by atoms with Gasteiger partial charge in [0.15, 0.2) is 5.96 Å². The van der Waals surface area contributed by atoms with Crippen LogP contribution in [0.4, 0.5) is 0 Å². The van der Waals surface area contributed by atoms with Crippen molar-refractivity contribution >= 4 is 35.9 Å². The summed E-state index contributed by atoms with van der Waals surface area (Å²) in [4.78, 5) is 22.4. The molecule has 7 heteroatoms. The van der Waals surface area contributed by atoms with Crippen molar-refractivity contribution in [2.75, 3.05) is 33.8 Å². The number of ether oxygens (including phenoxy) is 1. The van der Waals surface area contributed by atoms with Crippen molar-refractivity contribution in [1.29, 1.82) is 0 Å². The number of aryl methyl sites for hydroxylation is 1. The molecule has 1 fully saturated rings. The summed E-state index contributed by atoms with van der Waals surface area (Å²) in [5.41, 5.74) is 2.48. The summed E-state index contributed by atoms with van der Waals surface area (Å²) in [6, 6.07) is 2.05. The summed E-state index contributed by atoms with van der Waals surface area (Å²) >= 11 is 0. The first-order valence-electron chi connectivity index (χ1n) is 7.99. The maximum Gasteiger partial charge on any atom is 0.310 e. The first-order chi connectivity index (χ1) is 11.1. The van der Waals surface area contributed by atoms with E-state index in [4.69, 9.17) is 4.74 Å². The van der Waals surface area contributed by atoms with Crippen LogP contribution in [-0.4, -0.2) is 55.6 Å². The van der Waals surface area contributed by atoms with E-state index in [2.05, 4.69) is 34.0 Å². The Morgan fingerprint density at radius 2 is 2.25 bits per heavy atom. The molecule has 2 rings (SSSR count). The van der Waals surface area contributed by atoms with Gasteiger partial charge in [0.1, 0.15) is 0 Å². The molecule has 0 aliphatic carbocycles. The number of carbonyl (C=O) groups is 1. The van der Waals surface area contributed by atoms with Crippen LogP contribution >= 0.6 is 24.0 Å². The second-order valence-electron chi connectivity index (χ2n) is 6.04. The van der Waals surface area contributed by atoms with Gasteiger partial charge in [-0.25, -0.2) is 0 Å². The monoisotopic (exact) mass is 446 g/mol. The molecule has 1 aliphatic rings. The molecule has 0 radical (unpaired) electrons. The highest BCUT2D eigenvalue weighted by Crippen LogP contribution is 2.24. The van der Waals surface area contributed by atoms with Crippen molar-refractivity contribution in [2.24, 2.45) is 16.8 Å². The summed E-state index contributed by atoms with van der Waals surface area (Å²) < 4.78 is 4.89. The number of carbonyl (C=O) groups excluding carboxylic acids is 1. The zero-order valence-electron chi connectivity index (χ0n) is 14.8. The second kappa shape index (κ2) is 9.80. The van der Waals surface area contributed by atoms with Crippen LogP contribution in [0.25, 0.3) is 0 Å². The lowest BCUT2D eigenvalue weighted by Crippen LogP contribution is -2.41. The highest BCUT2D eigenvalue weighted by Gasteiger charge is 2.36. The third-order valence-corrected chi connectivity index (χ3v) is 4.44. The normalized spacial score (nSPS) is 20.5. The Bertz CT molecular complexity index is 579. The molecule has 0 saturated carbocycles. The average Bonchev–Trinajstić information content (AvgIpc) is 2.94. The first-order valence-corrected chi connectivity index (χ1v) is 7.99. The summed E-state index contributed by atoms with van der Waals surface area (Å²) in [5.74, 6) is 0.891. The SMILES string of the molecule is CN=C(NCCc1ccncc1C)N1CC(C)C(C(=O)OC)C1.I. The van der Waals surface area contributed by atoms with E-state index in [1.807, 2.05) is 18.5 Å². The predicted molar refractivity (Wildman–Crippen MR) is 106 cm³/mol. The number of hydrogen-bond acceptors (Lipinski definition) is 4. The minimum absolute atomic E-state index is 0. The molecule has 24 heavy (non-hydrogen) atoms. The van der Waals surface area contributed by atoms with Gasteiger partial charge in [-0.3, -0.25) is 14.8 Å². The van der Waals surface area contributed by atoms with Gasteiger partial charge in [-0.05, 0) is 36.5 Å². The third-order valence-electron chi connectivity index (χ3n) is 4.44. The summed E-state index contributed by atoms with van der Waals surface area (Å²) in [7, 11) is 3.22. The van der Waals surface area contributed by atoms with Gasteiger partial charge in [0, 0.05) is 39.1 Å². The number of nitrogens with zero attached hydrogens (tertiary/aromatic N) is 3. The van der Waals surface area contributed by atoms with Crippen LogP contribution in [0.1, 0.15) is 18.1 Å². The highest BCUT2D eigenvalue weighted by atomic mass is 127. The van der Waals surface area contributed by atoms with Crippen molar-refractivity contribution < 1.29 is 9.53 Å². The van der Waals surface area contributed by atoms with Crippen LogP contribution in [0.3, 0.4) is 0 Å². The molecule has 2 atom stereocenters. The molecule has 0 bridgehead atoms. The van der Waals surface area contributed by atoms with E-state index in [1.165, 1.54) is 18.2 Å². The molecular formula is C17H27IN4O2. The summed E-state index contributed by atoms with van der Waals surface area (Å²) in [6.07, 6.45) is 4.62. The number of halogens is 1. The van der Waals surface area contributed by atoms with E-state index in [-0.39, 0.29) is 41.8 Å². The fraction of sp³-hybridized carbons (Fsp3) is 0.588. The van der Waals surface area contributed by atoms with E-state index in [0.29, 0.717) is 6.54 Å². The maximum absolute atomic E-state index is 11.8. The Morgan fingerprint density at radius 1 is 1.50 bits per heavy atom. The van der Waals surface area contributed by atoms with Crippen molar-refractivity contribution in [3.8, 4) is 0 Å². The molecule has 2 unspecified atom stereocenters. The van der Waals surface area contributed by atoms with Gasteiger partial charge in [-0.2, -0.15) is 0 Å². The maximum atomic E-state index is 11.8. The standard InChI is InChI=1S/C17H26N4O2.HI/c1-12-9-19-7-5-14(12)6-8-20-17(18-3)21-10-13(2)15(11-21)16(22)23-4;/h5,7,9,13,15H,6,8,10-11H2,1-4H3,(H,18,20);1H. The van der Waals surface area contributed by atoms with Gasteiger partial charge in [0.05, 0.1) is 13.0 Å². The molecule has 1 N–H and O–H groups in total. The van der Waals surface area contributed by atoms with Crippen LogP contribution < -0.4 is 5.32 Å². The zero-order chi connectivity index (χ0) is 16.8. The predicted octanol–water partition coefficient (Wildman–Crippen LogP) is 1.87. The van der Waals surface area contributed by atoms with Crippen LogP contribution in [0.5, 0.6) is 0 Å². The smallest absolute Gasteiger partial charge is 0.310 e. The topological polar surface area (TPSA) is 66.8 Å². The lowest BCUT2D eigenvalue weighted by molar-refractivity contribution is -0.145. The van der Waals surface area contributed by atoms with Crippen LogP contribution in [0.15, 0.2) is 23.5 Å². The van der Waals surface area contributed by atoms with Crippen LogP contribution in [-0.2, 0) is 16.0 Å². The number of rotatable bonds is 4. The molecule has 1 aliphatic heterocycles. The molecular weight excluding hydrogens is 419 g/mol. The molecule has 1 aromatic heterocycles. The van der Waals surface area contributed by atoms with E-state index >= 15 is 0 Å². The minimum Gasteiger partial charge on any atom is -0.469 e. The second-order valence-corrected chi connectivity index (χ2v) is 6.04. The lowest BCUT2D eigenvalue weighted by atomic mass is 9.99. The number of hydrogen-bond donors (Lipinski definition) is 1. The Hall–Kier alpha value is -1.38. The Morgan fingerprint density at radius 3 is 2.88 bits per heavy atom. The van der Waals surface area contributed by atoms with Crippen LogP contribution in [0.2, 0.25) is 0 Å². The largest absolute Gasteiger partial charge is 0.469 e. The number of aromatic nitrogens is 1. The number of likely N-dealkylation sites (tertiary alicyclic amines) is 1. The van der Waals surface area contributed by atoms with Gasteiger partial charge in [0.2, 0.25) is 0 Å². The quantitative estimate of drug-likeness (QED) is 0.331. The molecule has 0 spiro atoms. The number of guanidine groups is 1. The van der Waals surface area contributed by atoms with Crippen molar-refractivity contribution in [2.45, 2.75) is 20.3 Å². The zero-order valence-corrected chi connectivity index (χ0v) is 17.1. The minimum atomic E-state index is -0.136. The van der Waals surface area contributed by atoms with Crippen molar-refractivity contribution in [1.82, 2.24) is 15.2 Å². The fourth-order valence-electron chi connectivity index (χ4n) is 3.02. The third kappa shape index (κ3) is 5.06. The van der Waals surface area contributed by atoms with Gasteiger partial charge < -0.3 is 15.0 Å². The van der Waals surface area contributed by atoms with E-state index in [9.17, 15) is 4.79 Å². The summed E-state index contributed by atoms with van der Waals surface area (Å²) in [5, 5.41) is 3.39. The lowest BCUT2D eigenvalue weighted by Gasteiger charge is -2.21. The van der Waals surface area contributed by atoms with E-state index in [1.54, 1.807) is 7.05 Å². The number of aliphatic imine (C=N–C) groups is 1. The molecule has 1 saturated heterocycles. The molecule has 0 amide bonds. The van der Waals surface area contributed by atoms with Crippen molar-refractivity contribution in [3.63, 3.8) is 0 Å². The molecule has 0 aromatic carbocycles. The van der Waals surface area contributed by atoms with E-state index in [0.717, 1.165) is 25.5 Å². The van der Waals surface area contributed by atoms with Gasteiger partial charge in [-0.1, -0.05) is 6.92 Å².